The molecular weight excluding hydrogens is 390 g/mol. The Morgan fingerprint density at radius 3 is 2.67 bits per heavy atom. The van der Waals surface area contributed by atoms with E-state index < -0.39 is 11.0 Å². The highest BCUT2D eigenvalue weighted by molar-refractivity contribution is 7.99. The van der Waals surface area contributed by atoms with Crippen LogP contribution >= 0.6 is 23.4 Å². The normalized spacial score (nSPS) is 12.8. The summed E-state index contributed by atoms with van der Waals surface area (Å²) in [6.45, 7) is 3.60. The highest BCUT2D eigenvalue weighted by atomic mass is 35.5. The summed E-state index contributed by atoms with van der Waals surface area (Å²) in [5, 5.41) is 7.74. The largest absolute Gasteiger partial charge is 0.495 e. The van der Waals surface area contributed by atoms with Gasteiger partial charge in [-0.05, 0) is 32.2 Å². The zero-order valence-electron chi connectivity index (χ0n) is 15.8. The summed E-state index contributed by atoms with van der Waals surface area (Å²) in [5.41, 5.74) is -0.831. The van der Waals surface area contributed by atoms with Gasteiger partial charge in [0.15, 0.2) is 0 Å². The van der Waals surface area contributed by atoms with Crippen molar-refractivity contribution in [1.82, 2.24) is 10.3 Å². The average Bonchev–Trinajstić information content (AvgIpc) is 2.63. The van der Waals surface area contributed by atoms with Gasteiger partial charge in [-0.1, -0.05) is 16.8 Å². The van der Waals surface area contributed by atoms with Crippen molar-refractivity contribution in [3.8, 4) is 11.5 Å². The Kier molecular flexibility index (Phi) is 7.15. The number of pyridine rings is 1. The molecule has 0 spiro atoms. The van der Waals surface area contributed by atoms with E-state index in [4.69, 9.17) is 21.1 Å². The third kappa shape index (κ3) is 5.64. The number of fused-ring (bicyclic) bond motifs is 1. The second kappa shape index (κ2) is 9.14. The second-order valence-electron chi connectivity index (χ2n) is 6.17. The van der Waals surface area contributed by atoms with Gasteiger partial charge in [0.25, 0.3) is 5.91 Å². The number of halogens is 1. The minimum Gasteiger partial charge on any atom is -0.495 e. The van der Waals surface area contributed by atoms with Gasteiger partial charge < -0.3 is 19.6 Å². The molecular formula is C18H22ClN3O4S. The van der Waals surface area contributed by atoms with Crippen LogP contribution in [0.5, 0.6) is 11.5 Å². The van der Waals surface area contributed by atoms with E-state index in [0.717, 1.165) is 5.39 Å². The zero-order valence-corrected chi connectivity index (χ0v) is 17.4. The maximum absolute atomic E-state index is 12.6. The Balaban J connectivity index is 2.22. The molecule has 1 N–H and O–H groups in total. The van der Waals surface area contributed by atoms with Crippen LogP contribution in [-0.4, -0.2) is 48.6 Å². The predicted octanol–water partition coefficient (Wildman–Crippen LogP) is 3.49. The number of thioether (sulfide) groups is 1. The van der Waals surface area contributed by atoms with E-state index in [9.17, 15) is 4.79 Å². The van der Waals surface area contributed by atoms with Crippen LogP contribution in [0.4, 0.5) is 0 Å². The molecule has 1 aromatic heterocycles. The Hall–Kier alpha value is -2.19. The lowest BCUT2D eigenvalue weighted by atomic mass is 10.1. The third-order valence-corrected chi connectivity index (χ3v) is 4.54. The minimum absolute atomic E-state index is 0.296. The van der Waals surface area contributed by atoms with E-state index in [2.05, 4.69) is 20.3 Å². The lowest BCUT2D eigenvalue weighted by Crippen LogP contribution is -2.49. The lowest BCUT2D eigenvalue weighted by molar-refractivity contribution is -0.125. The number of oxime groups is 1. The smallest absolute Gasteiger partial charge is 0.272 e. The predicted molar refractivity (Wildman–Crippen MR) is 109 cm³/mol. The van der Waals surface area contributed by atoms with Crippen LogP contribution in [0.2, 0.25) is 5.02 Å². The Bertz CT molecular complexity index is 845. The van der Waals surface area contributed by atoms with Crippen LogP contribution in [0.1, 0.15) is 13.8 Å². The van der Waals surface area contributed by atoms with Crippen LogP contribution in [0.15, 0.2) is 29.6 Å². The Morgan fingerprint density at radius 1 is 1.33 bits per heavy atom. The number of rotatable bonds is 8. The Labute approximate surface area is 167 Å². The van der Waals surface area contributed by atoms with E-state index >= 15 is 0 Å². The summed E-state index contributed by atoms with van der Waals surface area (Å²) >= 11 is 7.57. The fraction of sp³-hybridized carbons (Fsp3) is 0.389. The zero-order chi connectivity index (χ0) is 20.0. The van der Waals surface area contributed by atoms with Gasteiger partial charge in [-0.2, -0.15) is 0 Å². The maximum atomic E-state index is 12.6. The molecule has 146 valence electrons. The number of hydrogen-bond acceptors (Lipinski definition) is 7. The van der Waals surface area contributed by atoms with Gasteiger partial charge in [-0.25, -0.2) is 0 Å². The van der Waals surface area contributed by atoms with Crippen molar-refractivity contribution in [1.29, 1.82) is 0 Å². The first-order valence-electron chi connectivity index (χ1n) is 8.02. The van der Waals surface area contributed by atoms with E-state index in [-0.39, 0.29) is 5.91 Å². The van der Waals surface area contributed by atoms with Gasteiger partial charge in [0, 0.05) is 11.5 Å². The van der Waals surface area contributed by atoms with Gasteiger partial charge in [-0.3, -0.25) is 9.78 Å². The SMILES string of the molecule is CO/N=C/C(C)(C)NC(=O)C(Oc1cc(Cl)c2ncc(OC)cc2c1)SC. The van der Waals surface area contributed by atoms with Crippen molar-refractivity contribution in [3.63, 3.8) is 0 Å². The van der Waals surface area contributed by atoms with Crippen molar-refractivity contribution in [2.75, 3.05) is 20.5 Å². The number of benzene rings is 1. The lowest BCUT2D eigenvalue weighted by Gasteiger charge is -2.24. The number of nitrogens with one attached hydrogen (secondary N) is 1. The fourth-order valence-corrected chi connectivity index (χ4v) is 3.01. The molecule has 0 saturated heterocycles. The quantitative estimate of drug-likeness (QED) is 0.406. The van der Waals surface area contributed by atoms with Crippen LogP contribution in [0.3, 0.4) is 0 Å². The summed E-state index contributed by atoms with van der Waals surface area (Å²) in [4.78, 5) is 21.5. The highest BCUT2D eigenvalue weighted by Crippen LogP contribution is 2.31. The number of aromatic nitrogens is 1. The molecule has 2 rings (SSSR count). The minimum atomic E-state index is -0.771. The molecule has 1 heterocycles. The molecule has 1 aromatic carbocycles. The average molecular weight is 412 g/mol. The van der Waals surface area contributed by atoms with Crippen LogP contribution in [-0.2, 0) is 9.63 Å². The molecule has 0 radical (unpaired) electrons. The number of amides is 1. The van der Waals surface area contributed by atoms with Crippen molar-refractivity contribution < 1.29 is 19.1 Å². The number of methoxy groups -OCH3 is 1. The van der Waals surface area contributed by atoms with Crippen LogP contribution in [0.25, 0.3) is 10.9 Å². The maximum Gasteiger partial charge on any atom is 0.272 e. The van der Waals surface area contributed by atoms with Gasteiger partial charge in [-0.15, -0.1) is 11.8 Å². The first-order valence-corrected chi connectivity index (χ1v) is 9.68. The number of ether oxygens (including phenoxy) is 2. The van der Waals surface area contributed by atoms with Crippen molar-refractivity contribution in [2.45, 2.75) is 24.8 Å². The van der Waals surface area contributed by atoms with Gasteiger partial charge in [0.2, 0.25) is 5.44 Å². The molecule has 7 nitrogen and oxygen atoms in total. The summed E-state index contributed by atoms with van der Waals surface area (Å²) in [5.74, 6) is 0.768. The second-order valence-corrected chi connectivity index (χ2v) is 7.47. The van der Waals surface area contributed by atoms with Crippen molar-refractivity contribution >= 4 is 46.4 Å². The highest BCUT2D eigenvalue weighted by Gasteiger charge is 2.26. The molecule has 1 atom stereocenters. The molecule has 0 aliphatic rings. The first-order chi connectivity index (χ1) is 12.8. The monoisotopic (exact) mass is 411 g/mol. The van der Waals surface area contributed by atoms with Gasteiger partial charge in [0.05, 0.1) is 35.6 Å². The summed E-state index contributed by atoms with van der Waals surface area (Å²) < 4.78 is 11.1. The van der Waals surface area contributed by atoms with Crippen LogP contribution in [0, 0.1) is 0 Å². The molecule has 0 aliphatic heterocycles. The number of hydrogen-bond donors (Lipinski definition) is 1. The number of nitrogens with zero attached hydrogens (tertiary/aromatic N) is 2. The molecule has 9 heteroatoms. The molecule has 1 amide bonds. The summed E-state index contributed by atoms with van der Waals surface area (Å²) in [6.07, 6.45) is 4.89. The first kappa shape index (κ1) is 21.1. The van der Waals surface area contributed by atoms with Crippen LogP contribution < -0.4 is 14.8 Å². The standard InChI is InChI=1S/C18H22ClN3O4S/c1-18(2,10-21-25-4)22-16(23)17(27-5)26-12-6-11-7-13(24-3)9-20-15(11)14(19)8-12/h6-10,17H,1-5H3,(H,22,23)/b21-10+. The Morgan fingerprint density at radius 2 is 2.04 bits per heavy atom. The molecule has 0 fully saturated rings. The van der Waals surface area contributed by atoms with Crippen molar-refractivity contribution in [3.05, 3.63) is 29.4 Å². The molecule has 2 aromatic rings. The molecule has 1 unspecified atom stereocenters. The molecule has 0 aliphatic carbocycles. The van der Waals surface area contributed by atoms with Gasteiger partial charge in [0.1, 0.15) is 18.6 Å². The number of carbonyl (C=O) groups is 1. The topological polar surface area (TPSA) is 82.0 Å². The fourth-order valence-electron chi connectivity index (χ4n) is 2.26. The van der Waals surface area contributed by atoms with Gasteiger partial charge >= 0.3 is 0 Å². The summed E-state index contributed by atoms with van der Waals surface area (Å²) in [6, 6.07) is 5.21. The van der Waals surface area contributed by atoms with E-state index in [0.29, 0.717) is 22.0 Å². The summed E-state index contributed by atoms with van der Waals surface area (Å²) in [7, 11) is 3.00. The number of carbonyl (C=O) groups excluding carboxylic acids is 1. The third-order valence-electron chi connectivity index (χ3n) is 3.52. The van der Waals surface area contributed by atoms with E-state index in [1.165, 1.54) is 25.1 Å². The van der Waals surface area contributed by atoms with E-state index in [1.807, 2.05) is 0 Å². The molecule has 27 heavy (non-hydrogen) atoms. The van der Waals surface area contributed by atoms with Crippen molar-refractivity contribution in [2.24, 2.45) is 5.16 Å². The van der Waals surface area contributed by atoms with E-state index in [1.54, 1.807) is 51.6 Å². The molecule has 0 bridgehead atoms. The molecule has 0 saturated carbocycles.